The first-order valence-electron chi connectivity index (χ1n) is 9.29. The Bertz CT molecular complexity index is 712. The topological polar surface area (TPSA) is 71.4 Å². The zero-order valence-electron chi connectivity index (χ0n) is 14.8. The molecule has 1 aromatic carbocycles. The Balaban J connectivity index is 1.42. The summed E-state index contributed by atoms with van der Waals surface area (Å²) in [6.07, 6.45) is 1.78. The number of nitrogens with one attached hydrogen (secondary N) is 1. The second kappa shape index (κ2) is 7.17. The summed E-state index contributed by atoms with van der Waals surface area (Å²) in [5, 5.41) is 0. The molecule has 3 aliphatic rings. The largest absolute Gasteiger partial charge is 0.370 e. The normalized spacial score (nSPS) is 24.8. The van der Waals surface area contributed by atoms with Crippen LogP contribution in [0.4, 0.5) is 5.69 Å². The molecule has 7 nitrogen and oxygen atoms in total. The molecule has 138 valence electrons. The fourth-order valence-corrected chi connectivity index (χ4v) is 4.04. The van der Waals surface area contributed by atoms with Gasteiger partial charge in [0.25, 0.3) is 5.91 Å². The summed E-state index contributed by atoms with van der Waals surface area (Å²) >= 11 is 0. The van der Waals surface area contributed by atoms with Crippen molar-refractivity contribution in [2.45, 2.75) is 31.8 Å². The molecule has 0 radical (unpaired) electrons. The Morgan fingerprint density at radius 1 is 1.04 bits per heavy atom. The number of benzene rings is 1. The Morgan fingerprint density at radius 2 is 1.77 bits per heavy atom. The van der Waals surface area contributed by atoms with E-state index >= 15 is 0 Å². The molecule has 0 aliphatic carbocycles. The Kier molecular flexibility index (Phi) is 4.74. The van der Waals surface area contributed by atoms with E-state index in [4.69, 9.17) is 4.74 Å². The fraction of sp³-hybridized carbons (Fsp3) is 0.526. The van der Waals surface area contributed by atoms with Crippen molar-refractivity contribution in [3.63, 3.8) is 0 Å². The van der Waals surface area contributed by atoms with Gasteiger partial charge in [-0.2, -0.15) is 0 Å². The Labute approximate surface area is 152 Å². The maximum absolute atomic E-state index is 12.7. The third-order valence-electron chi connectivity index (χ3n) is 5.53. The second-order valence-electron chi connectivity index (χ2n) is 7.16. The molecule has 1 atom stereocenters. The Hall–Kier alpha value is -2.25. The van der Waals surface area contributed by atoms with E-state index < -0.39 is 0 Å². The quantitative estimate of drug-likeness (QED) is 0.727. The van der Waals surface area contributed by atoms with Gasteiger partial charge in [0.1, 0.15) is 13.1 Å². The zero-order valence-corrected chi connectivity index (χ0v) is 14.8. The van der Waals surface area contributed by atoms with Gasteiger partial charge in [-0.3, -0.25) is 19.3 Å². The molecular weight excluding hydrogens is 334 g/mol. The summed E-state index contributed by atoms with van der Waals surface area (Å²) in [6, 6.07) is 7.32. The van der Waals surface area contributed by atoms with Crippen LogP contribution in [0, 0.1) is 0 Å². The highest BCUT2D eigenvalue weighted by Gasteiger charge is 2.45. The van der Waals surface area contributed by atoms with E-state index in [1.807, 2.05) is 24.3 Å². The van der Waals surface area contributed by atoms with Gasteiger partial charge in [-0.05, 0) is 24.1 Å². The first kappa shape index (κ1) is 17.2. The standard InChI is InChI=1S/C19H23N3O4/c23-17-2-1-7-21(17)15-5-3-14(4-6-15)13-22-18(24)12-16(19(22)25)20-8-10-26-11-9-20/h3-6,16H,1-2,7-13H2/p+1/t16-/m0/s1. The molecule has 0 unspecified atom stereocenters. The van der Waals surface area contributed by atoms with E-state index in [0.29, 0.717) is 26.2 Å². The van der Waals surface area contributed by atoms with Crippen LogP contribution in [0.2, 0.25) is 0 Å². The molecule has 3 aliphatic heterocycles. The number of anilines is 1. The van der Waals surface area contributed by atoms with Crippen molar-refractivity contribution in [1.82, 2.24) is 4.90 Å². The van der Waals surface area contributed by atoms with Crippen molar-refractivity contribution in [2.75, 3.05) is 37.7 Å². The maximum atomic E-state index is 12.7. The summed E-state index contributed by atoms with van der Waals surface area (Å²) < 4.78 is 5.35. The van der Waals surface area contributed by atoms with Crippen LogP contribution in [-0.2, 0) is 25.7 Å². The lowest BCUT2D eigenvalue weighted by atomic mass is 10.2. The van der Waals surface area contributed by atoms with E-state index in [1.165, 1.54) is 4.90 Å². The van der Waals surface area contributed by atoms with E-state index in [0.717, 1.165) is 42.2 Å². The first-order chi connectivity index (χ1) is 12.6. The molecule has 26 heavy (non-hydrogen) atoms. The molecule has 0 aromatic heterocycles. The predicted molar refractivity (Wildman–Crippen MR) is 93.5 cm³/mol. The molecule has 1 aromatic rings. The van der Waals surface area contributed by atoms with Gasteiger partial charge in [-0.1, -0.05) is 12.1 Å². The number of amides is 3. The Morgan fingerprint density at radius 3 is 2.42 bits per heavy atom. The highest BCUT2D eigenvalue weighted by atomic mass is 16.5. The van der Waals surface area contributed by atoms with Gasteiger partial charge in [-0.25, -0.2) is 0 Å². The molecule has 0 bridgehead atoms. The summed E-state index contributed by atoms with van der Waals surface area (Å²) in [4.78, 5) is 41.2. The molecule has 3 amide bonds. The van der Waals surface area contributed by atoms with Crippen LogP contribution in [0.25, 0.3) is 0 Å². The minimum Gasteiger partial charge on any atom is -0.370 e. The molecule has 0 spiro atoms. The minimum atomic E-state index is -0.270. The van der Waals surface area contributed by atoms with E-state index in [-0.39, 0.29) is 30.2 Å². The van der Waals surface area contributed by atoms with Gasteiger partial charge in [0.2, 0.25) is 11.8 Å². The number of imide groups is 1. The lowest BCUT2D eigenvalue weighted by molar-refractivity contribution is -0.922. The van der Waals surface area contributed by atoms with Crippen molar-refractivity contribution < 1.29 is 24.0 Å². The molecule has 3 heterocycles. The average molecular weight is 358 g/mol. The number of quaternary nitrogens is 1. The number of carbonyl (C=O) groups is 3. The zero-order chi connectivity index (χ0) is 18.1. The van der Waals surface area contributed by atoms with Crippen molar-refractivity contribution in [3.8, 4) is 0 Å². The van der Waals surface area contributed by atoms with Crippen LogP contribution in [0.5, 0.6) is 0 Å². The summed E-state index contributed by atoms with van der Waals surface area (Å²) in [7, 11) is 0. The summed E-state index contributed by atoms with van der Waals surface area (Å²) in [5.41, 5.74) is 1.78. The monoisotopic (exact) mass is 358 g/mol. The number of rotatable bonds is 4. The van der Waals surface area contributed by atoms with Crippen LogP contribution in [0.3, 0.4) is 0 Å². The second-order valence-corrected chi connectivity index (χ2v) is 7.16. The average Bonchev–Trinajstić information content (AvgIpc) is 3.21. The summed E-state index contributed by atoms with van der Waals surface area (Å²) in [5.74, 6) is -0.0255. The van der Waals surface area contributed by atoms with Gasteiger partial charge in [0, 0.05) is 18.7 Å². The smallest absolute Gasteiger partial charge is 0.288 e. The number of likely N-dealkylation sites (tertiary alicyclic amines) is 1. The third kappa shape index (κ3) is 3.24. The van der Waals surface area contributed by atoms with Crippen LogP contribution >= 0.6 is 0 Å². The maximum Gasteiger partial charge on any atom is 0.288 e. The molecule has 7 heteroatoms. The van der Waals surface area contributed by atoms with Crippen LogP contribution < -0.4 is 9.80 Å². The SMILES string of the molecule is O=C1C[C@H]([NH+]2CCOCC2)C(=O)N1Cc1ccc(N2CCCC2=O)cc1. The van der Waals surface area contributed by atoms with Crippen LogP contribution in [-0.4, -0.2) is 61.5 Å². The third-order valence-corrected chi connectivity index (χ3v) is 5.53. The van der Waals surface area contributed by atoms with Gasteiger partial charge < -0.3 is 14.5 Å². The van der Waals surface area contributed by atoms with E-state index in [9.17, 15) is 14.4 Å². The highest BCUT2D eigenvalue weighted by molar-refractivity contribution is 6.04. The number of nitrogens with zero attached hydrogens (tertiary/aromatic N) is 2. The number of hydrogen-bond donors (Lipinski definition) is 1. The minimum absolute atomic E-state index is 0.0781. The predicted octanol–water partition coefficient (Wildman–Crippen LogP) is -0.644. The van der Waals surface area contributed by atoms with E-state index in [2.05, 4.69) is 0 Å². The first-order valence-corrected chi connectivity index (χ1v) is 9.29. The van der Waals surface area contributed by atoms with Crippen molar-refractivity contribution in [3.05, 3.63) is 29.8 Å². The van der Waals surface area contributed by atoms with E-state index in [1.54, 1.807) is 4.90 Å². The fourth-order valence-electron chi connectivity index (χ4n) is 4.04. The molecule has 0 saturated carbocycles. The lowest BCUT2D eigenvalue weighted by Crippen LogP contribution is -3.18. The molecule has 3 saturated heterocycles. The van der Waals surface area contributed by atoms with Gasteiger partial charge in [0.05, 0.1) is 26.2 Å². The molecule has 3 fully saturated rings. The number of ether oxygens (including phenoxy) is 1. The molecule has 1 N–H and O–H groups in total. The number of hydrogen-bond acceptors (Lipinski definition) is 4. The van der Waals surface area contributed by atoms with Crippen LogP contribution in [0.15, 0.2) is 24.3 Å². The number of morpholine rings is 1. The van der Waals surface area contributed by atoms with Gasteiger partial charge in [-0.15, -0.1) is 0 Å². The van der Waals surface area contributed by atoms with Crippen molar-refractivity contribution >= 4 is 23.4 Å². The molecule has 4 rings (SSSR count). The van der Waals surface area contributed by atoms with Gasteiger partial charge in [0.15, 0.2) is 6.04 Å². The summed E-state index contributed by atoms with van der Waals surface area (Å²) in [6.45, 7) is 3.89. The lowest BCUT2D eigenvalue weighted by Gasteiger charge is -2.27. The number of carbonyl (C=O) groups excluding carboxylic acids is 3. The highest BCUT2D eigenvalue weighted by Crippen LogP contribution is 2.23. The van der Waals surface area contributed by atoms with Gasteiger partial charge >= 0.3 is 0 Å². The molecular formula is C19H24N3O4+. The van der Waals surface area contributed by atoms with Crippen LogP contribution in [0.1, 0.15) is 24.8 Å². The van der Waals surface area contributed by atoms with Crippen molar-refractivity contribution in [1.29, 1.82) is 0 Å². The van der Waals surface area contributed by atoms with Crippen molar-refractivity contribution in [2.24, 2.45) is 0 Å².